The molecule has 1 fully saturated rings. The average Bonchev–Trinajstić information content (AvgIpc) is 2.38. The van der Waals surface area contributed by atoms with Gasteiger partial charge >= 0.3 is 0 Å². The number of thioether (sulfide) groups is 1. The molecule has 100 valence electrons. The molecule has 0 spiro atoms. The third kappa shape index (κ3) is 4.61. The molecule has 1 aromatic rings. The first-order valence-corrected chi connectivity index (χ1v) is 7.43. The molecule has 1 aliphatic heterocycles. The van der Waals surface area contributed by atoms with Gasteiger partial charge in [0, 0.05) is 16.7 Å². The summed E-state index contributed by atoms with van der Waals surface area (Å²) in [4.78, 5) is 1.25. The number of hydrogen-bond donors (Lipinski definition) is 1. The van der Waals surface area contributed by atoms with Crippen LogP contribution in [0.4, 0.5) is 0 Å². The van der Waals surface area contributed by atoms with Gasteiger partial charge in [-0.2, -0.15) is 0 Å². The summed E-state index contributed by atoms with van der Waals surface area (Å²) in [5.74, 6) is 0.854. The highest BCUT2D eigenvalue weighted by molar-refractivity contribution is 7.99. The summed E-state index contributed by atoms with van der Waals surface area (Å²) < 4.78 is 11.0. The second-order valence-electron chi connectivity index (χ2n) is 4.66. The molecule has 2 rings (SSSR count). The highest BCUT2D eigenvalue weighted by Crippen LogP contribution is 2.22. The molecule has 0 aliphatic carbocycles. The normalized spacial score (nSPS) is 18.8. The Labute approximate surface area is 113 Å². The van der Waals surface area contributed by atoms with Gasteiger partial charge in [0.2, 0.25) is 0 Å². The number of hydrogen-bond acceptors (Lipinski definition) is 4. The van der Waals surface area contributed by atoms with Gasteiger partial charge < -0.3 is 15.2 Å². The fourth-order valence-corrected chi connectivity index (χ4v) is 2.74. The molecule has 1 saturated heterocycles. The number of ether oxygens (including phenoxy) is 2. The second-order valence-corrected chi connectivity index (χ2v) is 5.75. The topological polar surface area (TPSA) is 44.5 Å². The van der Waals surface area contributed by atoms with Crippen LogP contribution in [0.1, 0.15) is 18.9 Å². The summed E-state index contributed by atoms with van der Waals surface area (Å²) in [7, 11) is 0. The van der Waals surface area contributed by atoms with Crippen molar-refractivity contribution in [3.63, 3.8) is 0 Å². The van der Waals surface area contributed by atoms with E-state index in [0.717, 1.165) is 31.8 Å². The minimum atomic E-state index is -0.0486. The van der Waals surface area contributed by atoms with Gasteiger partial charge in [-0.25, -0.2) is 0 Å². The van der Waals surface area contributed by atoms with Crippen molar-refractivity contribution < 1.29 is 9.47 Å². The molecule has 0 aromatic heterocycles. The summed E-state index contributed by atoms with van der Waals surface area (Å²) in [6, 6.07) is 8.80. The van der Waals surface area contributed by atoms with Crippen LogP contribution in [-0.2, 0) is 15.9 Å². The summed E-state index contributed by atoms with van der Waals surface area (Å²) in [6.45, 7) is 3.66. The Bertz CT molecular complexity index is 347. The van der Waals surface area contributed by atoms with Gasteiger partial charge in [0.05, 0.1) is 13.2 Å². The van der Waals surface area contributed by atoms with Crippen molar-refractivity contribution in [3.8, 4) is 0 Å². The highest BCUT2D eigenvalue weighted by Gasteiger charge is 2.14. The molecule has 0 saturated carbocycles. The van der Waals surface area contributed by atoms with Crippen molar-refractivity contribution in [2.24, 2.45) is 5.73 Å². The van der Waals surface area contributed by atoms with E-state index in [9.17, 15) is 0 Å². The number of nitrogens with two attached hydrogens (primary N) is 1. The Morgan fingerprint density at radius 3 is 2.56 bits per heavy atom. The first-order valence-electron chi connectivity index (χ1n) is 6.44. The van der Waals surface area contributed by atoms with Crippen LogP contribution in [0.3, 0.4) is 0 Å². The molecule has 18 heavy (non-hydrogen) atoms. The zero-order valence-corrected chi connectivity index (χ0v) is 11.6. The maximum Gasteiger partial charge on any atom is 0.166 e. The number of rotatable bonds is 5. The van der Waals surface area contributed by atoms with Crippen LogP contribution in [0.15, 0.2) is 29.2 Å². The molecule has 0 bridgehead atoms. The average molecular weight is 267 g/mol. The van der Waals surface area contributed by atoms with Crippen molar-refractivity contribution in [1.29, 1.82) is 0 Å². The van der Waals surface area contributed by atoms with E-state index in [4.69, 9.17) is 15.2 Å². The lowest BCUT2D eigenvalue weighted by Crippen LogP contribution is -2.26. The zero-order valence-electron chi connectivity index (χ0n) is 10.8. The van der Waals surface area contributed by atoms with Crippen LogP contribution >= 0.6 is 11.8 Å². The van der Waals surface area contributed by atoms with Crippen LogP contribution in [-0.4, -0.2) is 31.3 Å². The van der Waals surface area contributed by atoms with E-state index < -0.39 is 0 Å². The van der Waals surface area contributed by atoms with E-state index in [2.05, 4.69) is 24.3 Å². The van der Waals surface area contributed by atoms with E-state index in [1.165, 1.54) is 10.5 Å². The van der Waals surface area contributed by atoms with E-state index in [-0.39, 0.29) is 12.3 Å². The van der Waals surface area contributed by atoms with Gasteiger partial charge in [0.1, 0.15) is 0 Å². The van der Waals surface area contributed by atoms with Gasteiger partial charge in [0.15, 0.2) is 6.29 Å². The standard InChI is InChI=1S/C14H21NO2S/c1-11(15)9-12-3-5-13(6-4-12)18-10-14-16-7-2-8-17-14/h3-6,11,14H,2,7-10,15H2,1H3. The molecular formula is C14H21NO2S. The predicted molar refractivity (Wildman–Crippen MR) is 74.8 cm³/mol. The van der Waals surface area contributed by atoms with Crippen molar-refractivity contribution in [3.05, 3.63) is 29.8 Å². The first-order chi connectivity index (χ1) is 8.74. The lowest BCUT2D eigenvalue weighted by Gasteiger charge is -2.22. The molecule has 3 nitrogen and oxygen atoms in total. The molecule has 1 unspecified atom stereocenters. The summed E-state index contributed by atoms with van der Waals surface area (Å²) in [5, 5.41) is 0. The molecule has 2 N–H and O–H groups in total. The van der Waals surface area contributed by atoms with Crippen LogP contribution < -0.4 is 5.73 Å². The fourth-order valence-electron chi connectivity index (χ4n) is 1.89. The molecule has 1 aliphatic rings. The third-order valence-electron chi connectivity index (χ3n) is 2.76. The summed E-state index contributed by atoms with van der Waals surface area (Å²) >= 11 is 1.77. The molecular weight excluding hydrogens is 246 g/mol. The number of benzene rings is 1. The molecule has 1 atom stereocenters. The molecule has 1 aromatic carbocycles. The Hall–Kier alpha value is -0.550. The van der Waals surface area contributed by atoms with Crippen molar-refractivity contribution >= 4 is 11.8 Å². The zero-order chi connectivity index (χ0) is 12.8. The van der Waals surface area contributed by atoms with Crippen LogP contribution in [0, 0.1) is 0 Å². The van der Waals surface area contributed by atoms with Crippen molar-refractivity contribution in [2.45, 2.75) is 37.0 Å². The largest absolute Gasteiger partial charge is 0.352 e. The van der Waals surface area contributed by atoms with Gasteiger partial charge in [-0.05, 0) is 37.5 Å². The maximum absolute atomic E-state index is 5.78. The van der Waals surface area contributed by atoms with Gasteiger partial charge in [-0.3, -0.25) is 0 Å². The van der Waals surface area contributed by atoms with Crippen LogP contribution in [0.25, 0.3) is 0 Å². The van der Waals surface area contributed by atoms with E-state index in [1.807, 2.05) is 6.92 Å². The Morgan fingerprint density at radius 1 is 1.28 bits per heavy atom. The van der Waals surface area contributed by atoms with Crippen molar-refractivity contribution in [1.82, 2.24) is 0 Å². The maximum atomic E-state index is 5.78. The monoisotopic (exact) mass is 267 g/mol. The quantitative estimate of drug-likeness (QED) is 0.832. The molecule has 0 radical (unpaired) electrons. The van der Waals surface area contributed by atoms with Gasteiger partial charge in [-0.1, -0.05) is 12.1 Å². The third-order valence-corrected chi connectivity index (χ3v) is 3.81. The van der Waals surface area contributed by atoms with Crippen molar-refractivity contribution in [2.75, 3.05) is 19.0 Å². The minimum absolute atomic E-state index is 0.0486. The highest BCUT2D eigenvalue weighted by atomic mass is 32.2. The van der Waals surface area contributed by atoms with E-state index in [1.54, 1.807) is 11.8 Å². The van der Waals surface area contributed by atoms with Gasteiger partial charge in [0.25, 0.3) is 0 Å². The molecule has 0 amide bonds. The minimum Gasteiger partial charge on any atom is -0.352 e. The second kappa shape index (κ2) is 7.14. The predicted octanol–water partition coefficient (Wildman–Crippen LogP) is 2.43. The van der Waals surface area contributed by atoms with Gasteiger partial charge in [-0.15, -0.1) is 11.8 Å². The lowest BCUT2D eigenvalue weighted by atomic mass is 10.1. The summed E-state index contributed by atoms with van der Waals surface area (Å²) in [6.07, 6.45) is 1.89. The Balaban J connectivity index is 1.78. The smallest absolute Gasteiger partial charge is 0.166 e. The molecule has 1 heterocycles. The SMILES string of the molecule is CC(N)Cc1ccc(SCC2OCCCO2)cc1. The van der Waals surface area contributed by atoms with E-state index in [0.29, 0.717) is 0 Å². The molecule has 4 heteroatoms. The summed E-state index contributed by atoms with van der Waals surface area (Å²) in [5.41, 5.74) is 7.07. The van der Waals surface area contributed by atoms with Crippen LogP contribution in [0.5, 0.6) is 0 Å². The fraction of sp³-hybridized carbons (Fsp3) is 0.571. The lowest BCUT2D eigenvalue weighted by molar-refractivity contribution is -0.164. The van der Waals surface area contributed by atoms with Crippen LogP contribution in [0.2, 0.25) is 0 Å². The van der Waals surface area contributed by atoms with E-state index >= 15 is 0 Å². The Morgan fingerprint density at radius 2 is 1.94 bits per heavy atom. The Kier molecular flexibility index (Phi) is 5.50. The first kappa shape index (κ1) is 13.9.